The summed E-state index contributed by atoms with van der Waals surface area (Å²) < 4.78 is 1.89. The zero-order valence-corrected chi connectivity index (χ0v) is 11.1. The summed E-state index contributed by atoms with van der Waals surface area (Å²) in [5.41, 5.74) is 0.911. The first-order chi connectivity index (χ1) is 8.52. The van der Waals surface area contributed by atoms with Crippen molar-refractivity contribution < 1.29 is 9.59 Å². The molecule has 4 nitrogen and oxygen atoms in total. The van der Waals surface area contributed by atoms with E-state index in [9.17, 15) is 9.59 Å². The highest BCUT2D eigenvalue weighted by atomic mass is 32.2. The van der Waals surface area contributed by atoms with Gasteiger partial charge in [-0.3, -0.25) is 14.5 Å². The standard InChI is InChI=1S/C13H14N2O2S/c1-4-9(2)15-12(16)11(18-13(15)17)7-10-5-6-14(3)8-10/h4-9H,1H2,2-3H3/b11-7+. The molecule has 0 aliphatic carbocycles. The summed E-state index contributed by atoms with van der Waals surface area (Å²) >= 11 is 0.971. The maximum Gasteiger partial charge on any atom is 0.294 e. The molecule has 0 N–H and O–H groups in total. The van der Waals surface area contributed by atoms with Crippen LogP contribution in [-0.4, -0.2) is 26.7 Å². The second-order valence-corrected chi connectivity index (χ2v) is 5.13. The van der Waals surface area contributed by atoms with E-state index in [4.69, 9.17) is 0 Å². The Morgan fingerprint density at radius 3 is 2.72 bits per heavy atom. The predicted octanol–water partition coefficient (Wildman–Crippen LogP) is 2.64. The Balaban J connectivity index is 2.27. The summed E-state index contributed by atoms with van der Waals surface area (Å²) in [4.78, 5) is 25.5. The third kappa shape index (κ3) is 2.26. The van der Waals surface area contributed by atoms with Gasteiger partial charge in [0.25, 0.3) is 11.1 Å². The molecule has 94 valence electrons. The average molecular weight is 262 g/mol. The number of carbonyl (C=O) groups excluding carboxylic acids is 2. The van der Waals surface area contributed by atoms with E-state index in [1.165, 1.54) is 4.90 Å². The van der Waals surface area contributed by atoms with Crippen LogP contribution in [0.1, 0.15) is 12.5 Å². The second-order valence-electron chi connectivity index (χ2n) is 4.14. The van der Waals surface area contributed by atoms with E-state index in [0.29, 0.717) is 4.91 Å². The maximum absolute atomic E-state index is 12.1. The number of carbonyl (C=O) groups is 2. The minimum absolute atomic E-state index is 0.241. The molecular formula is C13H14N2O2S. The monoisotopic (exact) mass is 262 g/mol. The van der Waals surface area contributed by atoms with Gasteiger partial charge in [-0.25, -0.2) is 0 Å². The Labute approximate surface area is 110 Å². The molecule has 2 amide bonds. The number of aromatic nitrogens is 1. The van der Waals surface area contributed by atoms with Crippen molar-refractivity contribution in [1.29, 1.82) is 0 Å². The number of hydrogen-bond acceptors (Lipinski definition) is 3. The van der Waals surface area contributed by atoms with Crippen molar-refractivity contribution in [3.63, 3.8) is 0 Å². The van der Waals surface area contributed by atoms with Crippen LogP contribution in [0.2, 0.25) is 0 Å². The highest BCUT2D eigenvalue weighted by molar-refractivity contribution is 8.18. The van der Waals surface area contributed by atoms with Crippen LogP contribution in [0.4, 0.5) is 4.79 Å². The van der Waals surface area contributed by atoms with Crippen molar-refractivity contribution in [3.05, 3.63) is 41.6 Å². The van der Waals surface area contributed by atoms with Crippen LogP contribution in [0.15, 0.2) is 36.0 Å². The van der Waals surface area contributed by atoms with E-state index < -0.39 is 0 Å². The first-order valence-electron chi connectivity index (χ1n) is 5.54. The topological polar surface area (TPSA) is 42.3 Å². The number of hydrogen-bond donors (Lipinski definition) is 0. The lowest BCUT2D eigenvalue weighted by Gasteiger charge is -2.17. The van der Waals surface area contributed by atoms with Gasteiger partial charge in [-0.15, -0.1) is 6.58 Å². The predicted molar refractivity (Wildman–Crippen MR) is 72.9 cm³/mol. The number of imide groups is 1. The molecule has 2 rings (SSSR count). The molecule has 1 unspecified atom stereocenters. The lowest BCUT2D eigenvalue weighted by atomic mass is 10.2. The molecule has 1 aliphatic rings. The fourth-order valence-corrected chi connectivity index (χ4v) is 2.61. The summed E-state index contributed by atoms with van der Waals surface area (Å²) in [6, 6.07) is 1.62. The molecule has 1 aromatic rings. The normalized spacial score (nSPS) is 19.7. The van der Waals surface area contributed by atoms with Crippen LogP contribution in [-0.2, 0) is 11.8 Å². The minimum atomic E-state index is -0.279. The van der Waals surface area contributed by atoms with Gasteiger partial charge >= 0.3 is 0 Å². The number of thioether (sulfide) groups is 1. The largest absolute Gasteiger partial charge is 0.357 e. The zero-order valence-electron chi connectivity index (χ0n) is 10.3. The highest BCUT2D eigenvalue weighted by Gasteiger charge is 2.37. The van der Waals surface area contributed by atoms with E-state index in [0.717, 1.165) is 17.3 Å². The summed E-state index contributed by atoms with van der Waals surface area (Å²) in [5.74, 6) is -0.249. The van der Waals surface area contributed by atoms with Gasteiger partial charge in [-0.2, -0.15) is 0 Å². The molecule has 1 aliphatic heterocycles. The van der Waals surface area contributed by atoms with E-state index in [-0.39, 0.29) is 17.2 Å². The smallest absolute Gasteiger partial charge is 0.294 e. The van der Waals surface area contributed by atoms with Crippen molar-refractivity contribution in [2.24, 2.45) is 7.05 Å². The Bertz CT molecular complexity index is 545. The molecule has 2 heterocycles. The molecule has 1 fully saturated rings. The van der Waals surface area contributed by atoms with E-state index in [1.807, 2.05) is 30.1 Å². The van der Waals surface area contributed by atoms with E-state index in [1.54, 1.807) is 19.1 Å². The van der Waals surface area contributed by atoms with Crippen molar-refractivity contribution in [3.8, 4) is 0 Å². The van der Waals surface area contributed by atoms with Gasteiger partial charge in [0.2, 0.25) is 0 Å². The molecule has 1 saturated heterocycles. The van der Waals surface area contributed by atoms with Crippen LogP contribution in [0.3, 0.4) is 0 Å². The first kappa shape index (κ1) is 12.7. The van der Waals surface area contributed by atoms with Gasteiger partial charge in [0.05, 0.1) is 10.9 Å². The third-order valence-electron chi connectivity index (χ3n) is 2.72. The fourth-order valence-electron chi connectivity index (χ4n) is 1.70. The van der Waals surface area contributed by atoms with Crippen molar-refractivity contribution in [2.45, 2.75) is 13.0 Å². The molecule has 18 heavy (non-hydrogen) atoms. The summed E-state index contributed by atoms with van der Waals surface area (Å²) in [7, 11) is 1.91. The number of aryl methyl sites for hydroxylation is 1. The number of amides is 2. The average Bonchev–Trinajstić information content (AvgIpc) is 2.84. The maximum atomic E-state index is 12.1. The molecule has 0 bridgehead atoms. The quantitative estimate of drug-likeness (QED) is 0.621. The molecule has 0 aromatic carbocycles. The van der Waals surface area contributed by atoms with Crippen LogP contribution < -0.4 is 0 Å². The van der Waals surface area contributed by atoms with Crippen LogP contribution in [0.25, 0.3) is 6.08 Å². The molecular weight excluding hydrogens is 248 g/mol. The molecule has 0 spiro atoms. The van der Waals surface area contributed by atoms with Crippen molar-refractivity contribution in [2.75, 3.05) is 0 Å². The first-order valence-corrected chi connectivity index (χ1v) is 6.36. The molecule has 1 aromatic heterocycles. The zero-order chi connectivity index (χ0) is 13.3. The fraction of sp³-hybridized carbons (Fsp3) is 0.231. The summed E-state index contributed by atoms with van der Waals surface area (Å²) in [6.45, 7) is 5.38. The third-order valence-corrected chi connectivity index (χ3v) is 3.61. The van der Waals surface area contributed by atoms with Gasteiger partial charge < -0.3 is 4.57 Å². The highest BCUT2D eigenvalue weighted by Crippen LogP contribution is 2.33. The van der Waals surface area contributed by atoms with Crippen LogP contribution in [0, 0.1) is 0 Å². The van der Waals surface area contributed by atoms with Crippen LogP contribution in [0.5, 0.6) is 0 Å². The van der Waals surface area contributed by atoms with E-state index >= 15 is 0 Å². The Morgan fingerprint density at radius 2 is 2.17 bits per heavy atom. The Morgan fingerprint density at radius 1 is 1.44 bits per heavy atom. The van der Waals surface area contributed by atoms with Gasteiger partial charge in [0, 0.05) is 19.4 Å². The molecule has 0 saturated carbocycles. The Hall–Kier alpha value is -1.75. The van der Waals surface area contributed by atoms with Gasteiger partial charge in [0.1, 0.15) is 0 Å². The SMILES string of the molecule is C=CC(C)N1C(=O)S/C(=C/c2ccn(C)c2)C1=O. The number of nitrogens with zero attached hydrogens (tertiary/aromatic N) is 2. The van der Waals surface area contributed by atoms with Gasteiger partial charge in [-0.1, -0.05) is 6.08 Å². The number of rotatable bonds is 3. The molecule has 0 radical (unpaired) electrons. The van der Waals surface area contributed by atoms with Crippen molar-refractivity contribution >= 4 is 29.0 Å². The van der Waals surface area contributed by atoms with Gasteiger partial charge in [0.15, 0.2) is 0 Å². The van der Waals surface area contributed by atoms with Crippen LogP contribution >= 0.6 is 11.8 Å². The second kappa shape index (κ2) is 4.86. The molecule has 5 heteroatoms. The Kier molecular flexibility index (Phi) is 3.43. The lowest BCUT2D eigenvalue weighted by Crippen LogP contribution is -2.35. The minimum Gasteiger partial charge on any atom is -0.357 e. The van der Waals surface area contributed by atoms with Gasteiger partial charge in [-0.05, 0) is 36.4 Å². The summed E-state index contributed by atoms with van der Waals surface area (Å²) in [5, 5.41) is -0.241. The summed E-state index contributed by atoms with van der Waals surface area (Å²) in [6.07, 6.45) is 7.11. The molecule has 1 atom stereocenters. The lowest BCUT2D eigenvalue weighted by molar-refractivity contribution is -0.123. The van der Waals surface area contributed by atoms with E-state index in [2.05, 4.69) is 6.58 Å². The van der Waals surface area contributed by atoms with Crippen molar-refractivity contribution in [1.82, 2.24) is 9.47 Å².